The van der Waals surface area contributed by atoms with Gasteiger partial charge in [0.05, 0.1) is 9.79 Å². The molecule has 0 heterocycles. The maximum absolute atomic E-state index is 13.9. The summed E-state index contributed by atoms with van der Waals surface area (Å²) in [6, 6.07) is 30.4. The summed E-state index contributed by atoms with van der Waals surface area (Å²) in [5.74, 6) is 0. The van der Waals surface area contributed by atoms with Crippen molar-refractivity contribution in [2.75, 3.05) is 0 Å². The molecule has 0 amide bonds. The summed E-state index contributed by atoms with van der Waals surface area (Å²) in [4.78, 5) is 0.679. The lowest BCUT2D eigenvalue weighted by molar-refractivity contribution is 0.596. The zero-order chi connectivity index (χ0) is 20.4. The van der Waals surface area contributed by atoms with E-state index in [1.807, 2.05) is 98.8 Å². The van der Waals surface area contributed by atoms with Crippen LogP contribution in [-0.2, 0) is 9.84 Å². The van der Waals surface area contributed by atoms with Gasteiger partial charge in [-0.05, 0) is 48.2 Å². The molecular formula is C26H22O2S. The zero-order valence-corrected chi connectivity index (χ0v) is 17.3. The van der Waals surface area contributed by atoms with Crippen LogP contribution < -0.4 is 0 Å². The highest BCUT2D eigenvalue weighted by molar-refractivity contribution is 7.91. The Kier molecular flexibility index (Phi) is 5.08. The molecule has 0 bridgehead atoms. The summed E-state index contributed by atoms with van der Waals surface area (Å²) in [7, 11) is -3.74. The summed E-state index contributed by atoms with van der Waals surface area (Å²) < 4.78 is 27.9. The Labute approximate surface area is 172 Å². The Morgan fingerprint density at radius 2 is 0.862 bits per heavy atom. The molecule has 0 aromatic heterocycles. The number of aryl methyl sites for hydroxylation is 2. The van der Waals surface area contributed by atoms with Crippen LogP contribution in [0.25, 0.3) is 22.3 Å². The molecule has 0 aliphatic carbocycles. The maximum Gasteiger partial charge on any atom is 0.207 e. The molecule has 29 heavy (non-hydrogen) atoms. The Hall–Kier alpha value is -3.17. The molecule has 0 radical (unpaired) electrons. The first kappa shape index (κ1) is 19.2. The Morgan fingerprint density at radius 1 is 0.483 bits per heavy atom. The molecule has 4 aromatic rings. The van der Waals surface area contributed by atoms with Crippen molar-refractivity contribution in [1.29, 1.82) is 0 Å². The van der Waals surface area contributed by atoms with Crippen molar-refractivity contribution in [3.05, 3.63) is 108 Å². The monoisotopic (exact) mass is 398 g/mol. The van der Waals surface area contributed by atoms with Gasteiger partial charge < -0.3 is 0 Å². The van der Waals surface area contributed by atoms with E-state index in [-0.39, 0.29) is 0 Å². The predicted octanol–water partition coefficient (Wildman–Crippen LogP) is 6.47. The van der Waals surface area contributed by atoms with Crippen LogP contribution in [0.3, 0.4) is 0 Å². The van der Waals surface area contributed by atoms with Crippen molar-refractivity contribution in [2.45, 2.75) is 23.6 Å². The minimum Gasteiger partial charge on any atom is -0.218 e. The van der Waals surface area contributed by atoms with E-state index in [1.165, 1.54) is 0 Å². The minimum atomic E-state index is -3.74. The first-order chi connectivity index (χ1) is 14.0. The van der Waals surface area contributed by atoms with Crippen molar-refractivity contribution < 1.29 is 8.42 Å². The second-order valence-corrected chi connectivity index (χ2v) is 9.02. The van der Waals surface area contributed by atoms with Crippen LogP contribution in [0.1, 0.15) is 11.1 Å². The molecule has 0 aliphatic heterocycles. The van der Waals surface area contributed by atoms with Gasteiger partial charge in [-0.3, -0.25) is 0 Å². The molecule has 144 valence electrons. The lowest BCUT2D eigenvalue weighted by Crippen LogP contribution is -2.07. The van der Waals surface area contributed by atoms with Gasteiger partial charge in [-0.15, -0.1) is 0 Å². The van der Waals surface area contributed by atoms with Crippen LogP contribution in [0.2, 0.25) is 0 Å². The highest BCUT2D eigenvalue weighted by Gasteiger charge is 2.26. The molecule has 0 N–H and O–H groups in total. The van der Waals surface area contributed by atoms with Crippen molar-refractivity contribution >= 4 is 9.84 Å². The quantitative estimate of drug-likeness (QED) is 0.395. The second-order valence-electron chi connectivity index (χ2n) is 7.13. The first-order valence-corrected chi connectivity index (χ1v) is 11.0. The van der Waals surface area contributed by atoms with Gasteiger partial charge in [0.1, 0.15) is 0 Å². The number of hydrogen-bond acceptors (Lipinski definition) is 2. The van der Waals surface area contributed by atoms with Crippen LogP contribution in [0.4, 0.5) is 0 Å². The number of hydrogen-bond donors (Lipinski definition) is 0. The zero-order valence-electron chi connectivity index (χ0n) is 16.5. The van der Waals surface area contributed by atoms with Gasteiger partial charge >= 0.3 is 0 Å². The third-order valence-corrected chi connectivity index (χ3v) is 7.01. The largest absolute Gasteiger partial charge is 0.218 e. The molecule has 0 atom stereocenters. The van der Waals surface area contributed by atoms with Gasteiger partial charge in [0.2, 0.25) is 9.84 Å². The highest BCUT2D eigenvalue weighted by Crippen LogP contribution is 2.38. The van der Waals surface area contributed by atoms with E-state index in [0.29, 0.717) is 9.79 Å². The van der Waals surface area contributed by atoms with Crippen molar-refractivity contribution in [2.24, 2.45) is 0 Å². The smallest absolute Gasteiger partial charge is 0.207 e. The predicted molar refractivity (Wildman–Crippen MR) is 119 cm³/mol. The first-order valence-electron chi connectivity index (χ1n) is 9.55. The molecule has 4 aromatic carbocycles. The summed E-state index contributed by atoms with van der Waals surface area (Å²) in [6.45, 7) is 3.91. The van der Waals surface area contributed by atoms with Crippen molar-refractivity contribution in [3.63, 3.8) is 0 Å². The molecule has 3 heteroatoms. The molecule has 0 fully saturated rings. The van der Waals surface area contributed by atoms with Gasteiger partial charge in [-0.25, -0.2) is 8.42 Å². The normalized spacial score (nSPS) is 11.4. The Morgan fingerprint density at radius 3 is 1.24 bits per heavy atom. The summed E-state index contributed by atoms with van der Waals surface area (Å²) >= 11 is 0. The number of benzene rings is 4. The molecular weight excluding hydrogens is 376 g/mol. The molecule has 0 aliphatic rings. The van der Waals surface area contributed by atoms with Gasteiger partial charge in [-0.2, -0.15) is 0 Å². The van der Waals surface area contributed by atoms with Crippen LogP contribution in [-0.4, -0.2) is 8.42 Å². The van der Waals surface area contributed by atoms with E-state index in [2.05, 4.69) is 0 Å². The van der Waals surface area contributed by atoms with Gasteiger partial charge in [0.15, 0.2) is 0 Å². The third-order valence-electron chi connectivity index (χ3n) is 5.17. The van der Waals surface area contributed by atoms with Gasteiger partial charge in [0, 0.05) is 11.1 Å². The fraction of sp³-hybridized carbons (Fsp3) is 0.0769. The maximum atomic E-state index is 13.9. The second kappa shape index (κ2) is 7.69. The highest BCUT2D eigenvalue weighted by atomic mass is 32.2. The Balaban J connectivity index is 2.01. The van der Waals surface area contributed by atoms with Crippen LogP contribution in [0.15, 0.2) is 107 Å². The molecule has 2 nitrogen and oxygen atoms in total. The number of sulfone groups is 1. The molecule has 0 saturated heterocycles. The van der Waals surface area contributed by atoms with E-state index >= 15 is 0 Å². The van der Waals surface area contributed by atoms with E-state index in [0.717, 1.165) is 33.4 Å². The molecule has 4 rings (SSSR count). The van der Waals surface area contributed by atoms with E-state index in [9.17, 15) is 8.42 Å². The van der Waals surface area contributed by atoms with Crippen molar-refractivity contribution in [1.82, 2.24) is 0 Å². The average molecular weight is 399 g/mol. The number of rotatable bonds is 4. The molecule has 0 unspecified atom stereocenters. The van der Waals surface area contributed by atoms with E-state index < -0.39 is 9.84 Å². The fourth-order valence-corrected chi connectivity index (χ4v) is 5.65. The Bertz CT molecular complexity index is 1160. The van der Waals surface area contributed by atoms with E-state index in [4.69, 9.17) is 0 Å². The van der Waals surface area contributed by atoms with Gasteiger partial charge in [0.25, 0.3) is 0 Å². The van der Waals surface area contributed by atoms with E-state index in [1.54, 1.807) is 12.1 Å². The fourth-order valence-electron chi connectivity index (χ4n) is 3.80. The van der Waals surface area contributed by atoms with Gasteiger partial charge in [-0.1, -0.05) is 84.9 Å². The lowest BCUT2D eigenvalue weighted by Gasteiger charge is -2.17. The molecule has 0 spiro atoms. The van der Waals surface area contributed by atoms with Crippen LogP contribution in [0.5, 0.6) is 0 Å². The standard InChI is InChI=1S/C26H22O2S/c1-19-11-9-17-23(25(19)21-13-5-3-6-14-21)29(27,28)24-18-10-12-20(2)26(24)22-15-7-4-8-16-22/h3-18H,1-2H3. The summed E-state index contributed by atoms with van der Waals surface area (Å²) in [5.41, 5.74) is 5.19. The van der Waals surface area contributed by atoms with Crippen LogP contribution >= 0.6 is 0 Å². The topological polar surface area (TPSA) is 34.1 Å². The lowest BCUT2D eigenvalue weighted by atomic mass is 10.0. The minimum absolute atomic E-state index is 0.339. The SMILES string of the molecule is Cc1cccc(S(=O)(=O)c2cccc(C)c2-c2ccccc2)c1-c1ccccc1. The van der Waals surface area contributed by atoms with Crippen LogP contribution in [0, 0.1) is 13.8 Å². The van der Waals surface area contributed by atoms with Crippen molar-refractivity contribution in [3.8, 4) is 22.3 Å². The third kappa shape index (κ3) is 3.50. The summed E-state index contributed by atoms with van der Waals surface area (Å²) in [5, 5.41) is 0. The average Bonchev–Trinajstić information content (AvgIpc) is 2.74. The molecule has 0 saturated carbocycles. The summed E-state index contributed by atoms with van der Waals surface area (Å²) in [6.07, 6.45) is 0.